The number of hydrogen-bond donors (Lipinski definition) is 2. The van der Waals surface area contributed by atoms with Crippen molar-refractivity contribution in [3.05, 3.63) is 82.9 Å². The third-order valence-corrected chi connectivity index (χ3v) is 4.79. The molecule has 0 fully saturated rings. The van der Waals surface area contributed by atoms with Crippen LogP contribution in [0, 0.1) is 6.92 Å². The molecule has 2 amide bonds. The van der Waals surface area contributed by atoms with Crippen molar-refractivity contribution in [3.8, 4) is 0 Å². The average molecular weight is 351 g/mol. The number of aryl methyl sites for hydroxylation is 1. The maximum atomic E-state index is 12.0. The number of carbonyl (C=O) groups excluding carboxylic acids is 1. The standard InChI is InChI=1S/C20H21N3OS/c1-15-14-22-20(25-15)23-19(24)21-13-12-18(16-8-4-2-5-9-16)17-10-6-3-7-11-17/h2-11,14,18H,12-13H2,1H3,(H2,21,22,23,24). The summed E-state index contributed by atoms with van der Waals surface area (Å²) in [4.78, 5) is 17.2. The van der Waals surface area contributed by atoms with Crippen molar-refractivity contribution < 1.29 is 4.79 Å². The number of nitrogens with one attached hydrogen (secondary N) is 2. The fourth-order valence-electron chi connectivity index (χ4n) is 2.78. The molecule has 2 aromatic carbocycles. The fourth-order valence-corrected chi connectivity index (χ4v) is 3.44. The zero-order valence-corrected chi connectivity index (χ0v) is 14.9. The Morgan fingerprint density at radius 3 is 2.16 bits per heavy atom. The molecule has 0 saturated heterocycles. The van der Waals surface area contributed by atoms with Gasteiger partial charge in [0.25, 0.3) is 0 Å². The van der Waals surface area contributed by atoms with E-state index in [0.29, 0.717) is 11.7 Å². The Morgan fingerprint density at radius 2 is 1.64 bits per heavy atom. The van der Waals surface area contributed by atoms with Gasteiger partial charge in [-0.05, 0) is 24.5 Å². The van der Waals surface area contributed by atoms with Gasteiger partial charge in [0.15, 0.2) is 5.13 Å². The molecule has 0 aliphatic heterocycles. The number of carbonyl (C=O) groups is 1. The van der Waals surface area contributed by atoms with E-state index >= 15 is 0 Å². The number of amides is 2. The molecule has 0 saturated carbocycles. The van der Waals surface area contributed by atoms with Gasteiger partial charge < -0.3 is 5.32 Å². The number of benzene rings is 2. The Bertz CT molecular complexity index is 763. The van der Waals surface area contributed by atoms with Crippen LogP contribution in [0.5, 0.6) is 0 Å². The summed E-state index contributed by atoms with van der Waals surface area (Å²) >= 11 is 1.47. The molecule has 0 bridgehead atoms. The van der Waals surface area contributed by atoms with Crippen molar-refractivity contribution >= 4 is 22.5 Å². The van der Waals surface area contributed by atoms with Crippen molar-refractivity contribution in [3.63, 3.8) is 0 Å². The Labute approximate surface area is 151 Å². The first-order valence-corrected chi connectivity index (χ1v) is 9.11. The van der Waals surface area contributed by atoms with Crippen LogP contribution < -0.4 is 10.6 Å². The van der Waals surface area contributed by atoms with E-state index in [-0.39, 0.29) is 11.9 Å². The molecule has 3 aromatic rings. The molecule has 1 heterocycles. The SMILES string of the molecule is Cc1cnc(NC(=O)NCCC(c2ccccc2)c2ccccc2)s1. The molecule has 0 radical (unpaired) electrons. The van der Waals surface area contributed by atoms with E-state index in [1.165, 1.54) is 22.5 Å². The number of urea groups is 1. The van der Waals surface area contributed by atoms with Gasteiger partial charge in [0, 0.05) is 23.5 Å². The van der Waals surface area contributed by atoms with E-state index in [1.807, 2.05) is 19.1 Å². The van der Waals surface area contributed by atoms with Crippen molar-refractivity contribution in [2.75, 3.05) is 11.9 Å². The van der Waals surface area contributed by atoms with E-state index in [1.54, 1.807) is 6.20 Å². The van der Waals surface area contributed by atoms with Crippen molar-refractivity contribution in [2.24, 2.45) is 0 Å². The summed E-state index contributed by atoms with van der Waals surface area (Å²) in [6.45, 7) is 2.55. The highest BCUT2D eigenvalue weighted by molar-refractivity contribution is 7.15. The van der Waals surface area contributed by atoms with E-state index in [2.05, 4.69) is 64.1 Å². The Morgan fingerprint density at radius 1 is 1.04 bits per heavy atom. The average Bonchev–Trinajstić information content (AvgIpc) is 3.05. The minimum absolute atomic E-state index is 0.214. The van der Waals surface area contributed by atoms with Gasteiger partial charge >= 0.3 is 6.03 Å². The zero-order chi connectivity index (χ0) is 17.5. The zero-order valence-electron chi connectivity index (χ0n) is 14.1. The fraction of sp³-hybridized carbons (Fsp3) is 0.200. The molecular formula is C20H21N3OS. The molecule has 0 spiro atoms. The van der Waals surface area contributed by atoms with E-state index in [9.17, 15) is 4.79 Å². The van der Waals surface area contributed by atoms with Gasteiger partial charge in [-0.15, -0.1) is 11.3 Å². The number of anilines is 1. The van der Waals surface area contributed by atoms with Crippen LogP contribution in [-0.4, -0.2) is 17.6 Å². The molecular weight excluding hydrogens is 330 g/mol. The summed E-state index contributed by atoms with van der Waals surface area (Å²) < 4.78 is 0. The third kappa shape index (κ3) is 4.90. The molecule has 5 heteroatoms. The number of aromatic nitrogens is 1. The molecule has 0 unspecified atom stereocenters. The van der Waals surface area contributed by atoms with Crippen molar-refractivity contribution in [1.82, 2.24) is 10.3 Å². The predicted octanol–water partition coefficient (Wildman–Crippen LogP) is 4.80. The normalized spacial score (nSPS) is 10.6. The van der Waals surface area contributed by atoms with Gasteiger partial charge in [-0.25, -0.2) is 9.78 Å². The lowest BCUT2D eigenvalue weighted by Crippen LogP contribution is -2.30. The maximum absolute atomic E-state index is 12.0. The second-order valence-electron chi connectivity index (χ2n) is 5.82. The Balaban J connectivity index is 1.60. The molecule has 25 heavy (non-hydrogen) atoms. The van der Waals surface area contributed by atoms with E-state index < -0.39 is 0 Å². The van der Waals surface area contributed by atoms with Crippen LogP contribution in [0.25, 0.3) is 0 Å². The summed E-state index contributed by atoms with van der Waals surface area (Å²) in [7, 11) is 0. The first kappa shape index (κ1) is 17.2. The monoisotopic (exact) mass is 351 g/mol. The van der Waals surface area contributed by atoms with Crippen LogP contribution in [0.4, 0.5) is 9.93 Å². The summed E-state index contributed by atoms with van der Waals surface area (Å²) in [5, 5.41) is 6.32. The predicted molar refractivity (Wildman–Crippen MR) is 103 cm³/mol. The smallest absolute Gasteiger partial charge is 0.321 e. The van der Waals surface area contributed by atoms with Crippen LogP contribution >= 0.6 is 11.3 Å². The van der Waals surface area contributed by atoms with Gasteiger partial charge in [0.2, 0.25) is 0 Å². The van der Waals surface area contributed by atoms with Crippen LogP contribution in [0.15, 0.2) is 66.9 Å². The summed E-state index contributed by atoms with van der Waals surface area (Å²) in [5.41, 5.74) is 2.51. The molecule has 4 nitrogen and oxygen atoms in total. The van der Waals surface area contributed by atoms with Gasteiger partial charge in [0.05, 0.1) is 0 Å². The van der Waals surface area contributed by atoms with Gasteiger partial charge in [0.1, 0.15) is 0 Å². The topological polar surface area (TPSA) is 54.0 Å². The lowest BCUT2D eigenvalue weighted by molar-refractivity contribution is 0.252. The summed E-state index contributed by atoms with van der Waals surface area (Å²) in [6, 6.07) is 20.6. The lowest BCUT2D eigenvalue weighted by atomic mass is 9.88. The molecule has 1 aromatic heterocycles. The Hall–Kier alpha value is -2.66. The van der Waals surface area contributed by atoms with Crippen LogP contribution in [0.3, 0.4) is 0 Å². The number of rotatable bonds is 6. The van der Waals surface area contributed by atoms with Gasteiger partial charge in [-0.3, -0.25) is 5.32 Å². The lowest BCUT2D eigenvalue weighted by Gasteiger charge is -2.18. The molecule has 3 rings (SSSR count). The highest BCUT2D eigenvalue weighted by Crippen LogP contribution is 2.27. The van der Waals surface area contributed by atoms with Crippen LogP contribution in [0.2, 0.25) is 0 Å². The second kappa shape index (κ2) is 8.44. The largest absolute Gasteiger partial charge is 0.338 e. The minimum atomic E-state index is -0.214. The van der Waals surface area contributed by atoms with E-state index in [4.69, 9.17) is 0 Å². The Kier molecular flexibility index (Phi) is 5.80. The highest BCUT2D eigenvalue weighted by atomic mass is 32.1. The molecule has 128 valence electrons. The third-order valence-electron chi connectivity index (χ3n) is 3.96. The summed E-state index contributed by atoms with van der Waals surface area (Å²) in [6.07, 6.45) is 2.58. The number of nitrogens with zero attached hydrogens (tertiary/aromatic N) is 1. The van der Waals surface area contributed by atoms with E-state index in [0.717, 1.165) is 11.3 Å². The number of hydrogen-bond acceptors (Lipinski definition) is 3. The van der Waals surface area contributed by atoms with Gasteiger partial charge in [-0.1, -0.05) is 60.7 Å². The highest BCUT2D eigenvalue weighted by Gasteiger charge is 2.14. The molecule has 0 aliphatic rings. The minimum Gasteiger partial charge on any atom is -0.338 e. The van der Waals surface area contributed by atoms with Crippen molar-refractivity contribution in [2.45, 2.75) is 19.3 Å². The molecule has 2 N–H and O–H groups in total. The second-order valence-corrected chi connectivity index (χ2v) is 7.05. The molecule has 0 atom stereocenters. The maximum Gasteiger partial charge on any atom is 0.321 e. The first-order valence-electron chi connectivity index (χ1n) is 8.29. The molecule has 0 aliphatic carbocycles. The quantitative estimate of drug-likeness (QED) is 0.670. The van der Waals surface area contributed by atoms with Crippen LogP contribution in [-0.2, 0) is 0 Å². The summed E-state index contributed by atoms with van der Waals surface area (Å²) in [5.74, 6) is 0.254. The van der Waals surface area contributed by atoms with Crippen molar-refractivity contribution in [1.29, 1.82) is 0 Å². The van der Waals surface area contributed by atoms with Crippen LogP contribution in [0.1, 0.15) is 28.3 Å². The number of thiazole rings is 1. The first-order chi connectivity index (χ1) is 12.2. The van der Waals surface area contributed by atoms with Gasteiger partial charge in [-0.2, -0.15) is 0 Å².